The lowest BCUT2D eigenvalue weighted by Gasteiger charge is -2.22. The molecule has 0 nitrogen and oxygen atoms in total. The van der Waals surface area contributed by atoms with Crippen molar-refractivity contribution in [2.24, 2.45) is 0 Å². The standard InChI is InChI=1S/C14H18/c1-10-8-11-6-5-7-13(12(11)9-10)14(2,3)4/h5-8H,9H2,1-4H3. The third-order valence-electron chi connectivity index (χ3n) is 2.88. The average molecular weight is 186 g/mol. The summed E-state index contributed by atoms with van der Waals surface area (Å²) in [5.41, 5.74) is 6.22. The highest BCUT2D eigenvalue weighted by molar-refractivity contribution is 5.65. The fourth-order valence-corrected chi connectivity index (χ4v) is 2.24. The molecule has 1 aliphatic rings. The monoisotopic (exact) mass is 186 g/mol. The predicted molar refractivity (Wildman–Crippen MR) is 62.5 cm³/mol. The Hall–Kier alpha value is -1.04. The lowest BCUT2D eigenvalue weighted by molar-refractivity contribution is 0.584. The minimum atomic E-state index is 0.268. The largest absolute Gasteiger partial charge is 0.0683 e. The van der Waals surface area contributed by atoms with Gasteiger partial charge in [-0.1, -0.05) is 50.6 Å². The molecule has 0 N–H and O–H groups in total. The second-order valence-electron chi connectivity index (χ2n) is 5.29. The summed E-state index contributed by atoms with van der Waals surface area (Å²) in [5.74, 6) is 0. The van der Waals surface area contributed by atoms with Gasteiger partial charge >= 0.3 is 0 Å². The van der Waals surface area contributed by atoms with Crippen LogP contribution in [-0.2, 0) is 11.8 Å². The third-order valence-corrected chi connectivity index (χ3v) is 2.88. The summed E-state index contributed by atoms with van der Waals surface area (Å²) in [4.78, 5) is 0. The summed E-state index contributed by atoms with van der Waals surface area (Å²) in [5, 5.41) is 0. The molecule has 2 rings (SSSR count). The van der Waals surface area contributed by atoms with Crippen LogP contribution in [0, 0.1) is 0 Å². The maximum atomic E-state index is 2.31. The Balaban J connectivity index is 2.55. The lowest BCUT2D eigenvalue weighted by atomic mass is 9.82. The van der Waals surface area contributed by atoms with E-state index >= 15 is 0 Å². The fraction of sp³-hybridized carbons (Fsp3) is 0.429. The molecule has 14 heavy (non-hydrogen) atoms. The van der Waals surface area contributed by atoms with Crippen LogP contribution in [0.25, 0.3) is 6.08 Å². The zero-order valence-corrected chi connectivity index (χ0v) is 9.52. The van der Waals surface area contributed by atoms with E-state index in [4.69, 9.17) is 0 Å². The van der Waals surface area contributed by atoms with Crippen molar-refractivity contribution in [3.63, 3.8) is 0 Å². The van der Waals surface area contributed by atoms with Gasteiger partial charge < -0.3 is 0 Å². The van der Waals surface area contributed by atoms with Crippen molar-refractivity contribution < 1.29 is 0 Å². The number of fused-ring (bicyclic) bond motifs is 1. The van der Waals surface area contributed by atoms with Crippen molar-refractivity contribution in [3.05, 3.63) is 40.5 Å². The molecule has 0 amide bonds. The maximum Gasteiger partial charge on any atom is -0.00577 e. The van der Waals surface area contributed by atoms with Gasteiger partial charge in [-0.2, -0.15) is 0 Å². The number of hydrogen-bond acceptors (Lipinski definition) is 0. The van der Waals surface area contributed by atoms with Crippen LogP contribution in [-0.4, -0.2) is 0 Å². The molecular weight excluding hydrogens is 168 g/mol. The summed E-state index contributed by atoms with van der Waals surface area (Å²) in [6.45, 7) is 9.08. The first-order valence-electron chi connectivity index (χ1n) is 5.28. The first kappa shape index (κ1) is 9.51. The van der Waals surface area contributed by atoms with E-state index in [0.717, 1.165) is 6.42 Å². The molecule has 0 unspecified atom stereocenters. The SMILES string of the molecule is CC1=Cc2cccc(C(C)(C)C)c2C1. The predicted octanol–water partition coefficient (Wildman–Crippen LogP) is 3.94. The molecule has 0 fully saturated rings. The summed E-state index contributed by atoms with van der Waals surface area (Å²) >= 11 is 0. The molecule has 0 heterocycles. The molecular formula is C14H18. The van der Waals surface area contributed by atoms with Crippen LogP contribution in [0.4, 0.5) is 0 Å². The van der Waals surface area contributed by atoms with Crippen LogP contribution < -0.4 is 0 Å². The smallest absolute Gasteiger partial charge is 0.00577 e. The fourth-order valence-electron chi connectivity index (χ4n) is 2.24. The molecule has 0 bridgehead atoms. The summed E-state index contributed by atoms with van der Waals surface area (Å²) < 4.78 is 0. The van der Waals surface area contributed by atoms with Crippen molar-refractivity contribution >= 4 is 6.08 Å². The topological polar surface area (TPSA) is 0 Å². The molecule has 1 aromatic rings. The molecule has 0 radical (unpaired) electrons. The molecule has 0 heteroatoms. The van der Waals surface area contributed by atoms with Gasteiger partial charge in [0.15, 0.2) is 0 Å². The second-order valence-corrected chi connectivity index (χ2v) is 5.29. The molecule has 1 aromatic carbocycles. The number of hydrogen-bond donors (Lipinski definition) is 0. The molecule has 0 spiro atoms. The quantitative estimate of drug-likeness (QED) is 0.575. The number of benzene rings is 1. The van der Waals surface area contributed by atoms with Gasteiger partial charge in [0.05, 0.1) is 0 Å². The Morgan fingerprint density at radius 1 is 1.14 bits per heavy atom. The van der Waals surface area contributed by atoms with Crippen molar-refractivity contribution in [1.29, 1.82) is 0 Å². The summed E-state index contributed by atoms with van der Waals surface area (Å²) in [6, 6.07) is 6.67. The van der Waals surface area contributed by atoms with Crippen LogP contribution >= 0.6 is 0 Å². The van der Waals surface area contributed by atoms with Gasteiger partial charge in [0.25, 0.3) is 0 Å². The van der Waals surface area contributed by atoms with E-state index < -0.39 is 0 Å². The van der Waals surface area contributed by atoms with Crippen molar-refractivity contribution in [1.82, 2.24) is 0 Å². The van der Waals surface area contributed by atoms with E-state index in [1.165, 1.54) is 22.3 Å². The Labute approximate surface area is 86.7 Å². The Morgan fingerprint density at radius 2 is 1.86 bits per heavy atom. The highest BCUT2D eigenvalue weighted by Crippen LogP contribution is 2.34. The lowest BCUT2D eigenvalue weighted by Crippen LogP contribution is -2.14. The normalized spacial score (nSPS) is 15.3. The first-order valence-corrected chi connectivity index (χ1v) is 5.28. The van der Waals surface area contributed by atoms with Crippen LogP contribution in [0.3, 0.4) is 0 Å². The van der Waals surface area contributed by atoms with Crippen LogP contribution in [0.5, 0.6) is 0 Å². The van der Waals surface area contributed by atoms with Crippen LogP contribution in [0.1, 0.15) is 44.4 Å². The van der Waals surface area contributed by atoms with Gasteiger partial charge in [0, 0.05) is 0 Å². The van der Waals surface area contributed by atoms with E-state index in [-0.39, 0.29) is 5.41 Å². The van der Waals surface area contributed by atoms with Crippen LogP contribution in [0.2, 0.25) is 0 Å². The number of allylic oxidation sites excluding steroid dienone is 1. The molecule has 0 atom stereocenters. The summed E-state index contributed by atoms with van der Waals surface area (Å²) in [6.07, 6.45) is 3.45. The van der Waals surface area contributed by atoms with Gasteiger partial charge in [-0.3, -0.25) is 0 Å². The maximum absolute atomic E-state index is 2.31. The van der Waals surface area contributed by atoms with Crippen LogP contribution in [0.15, 0.2) is 23.8 Å². The molecule has 74 valence electrons. The minimum Gasteiger partial charge on any atom is -0.0683 e. The third kappa shape index (κ3) is 1.50. The molecule has 0 saturated heterocycles. The van der Waals surface area contributed by atoms with E-state index in [9.17, 15) is 0 Å². The Morgan fingerprint density at radius 3 is 2.50 bits per heavy atom. The Kier molecular flexibility index (Phi) is 2.02. The van der Waals surface area contributed by atoms with Crippen molar-refractivity contribution in [2.45, 2.75) is 39.5 Å². The molecule has 0 saturated carbocycles. The van der Waals surface area contributed by atoms with E-state index in [1.54, 1.807) is 0 Å². The highest BCUT2D eigenvalue weighted by atomic mass is 14.3. The number of rotatable bonds is 0. The minimum absolute atomic E-state index is 0.268. The van der Waals surface area contributed by atoms with E-state index in [1.807, 2.05) is 0 Å². The zero-order valence-electron chi connectivity index (χ0n) is 9.52. The zero-order chi connectivity index (χ0) is 10.3. The highest BCUT2D eigenvalue weighted by Gasteiger charge is 2.21. The van der Waals surface area contributed by atoms with Crippen molar-refractivity contribution in [3.8, 4) is 0 Å². The van der Waals surface area contributed by atoms with Gasteiger partial charge in [-0.05, 0) is 35.4 Å². The van der Waals surface area contributed by atoms with Gasteiger partial charge in [0.1, 0.15) is 0 Å². The summed E-state index contributed by atoms with van der Waals surface area (Å²) in [7, 11) is 0. The van der Waals surface area contributed by atoms with Crippen molar-refractivity contribution in [2.75, 3.05) is 0 Å². The molecule has 1 aliphatic carbocycles. The molecule has 0 aromatic heterocycles. The van der Waals surface area contributed by atoms with Gasteiger partial charge in [-0.25, -0.2) is 0 Å². The molecule has 0 aliphatic heterocycles. The van der Waals surface area contributed by atoms with Gasteiger partial charge in [0.2, 0.25) is 0 Å². The Bertz CT molecular complexity index is 389. The first-order chi connectivity index (χ1) is 6.48. The average Bonchev–Trinajstić information content (AvgIpc) is 2.41. The van der Waals surface area contributed by atoms with E-state index in [2.05, 4.69) is 52.0 Å². The van der Waals surface area contributed by atoms with E-state index in [0.29, 0.717) is 0 Å². The second kappa shape index (κ2) is 2.98. The van der Waals surface area contributed by atoms with Gasteiger partial charge in [-0.15, -0.1) is 0 Å².